The Kier molecular flexibility index (Phi) is 7.72. The molecule has 2 aliphatic rings. The van der Waals surface area contributed by atoms with Gasteiger partial charge in [-0.25, -0.2) is 0 Å². The van der Waals surface area contributed by atoms with Gasteiger partial charge in [-0.1, -0.05) is 155 Å². The zero-order chi connectivity index (χ0) is 37.3. The zero-order valence-electron chi connectivity index (χ0n) is 32.1. The van der Waals surface area contributed by atoms with E-state index in [2.05, 4.69) is 209 Å². The third-order valence-electron chi connectivity index (χ3n) is 12.9. The van der Waals surface area contributed by atoms with Crippen molar-refractivity contribution in [2.75, 3.05) is 4.90 Å². The third-order valence-corrected chi connectivity index (χ3v) is 12.9. The molecule has 0 radical (unpaired) electrons. The minimum absolute atomic E-state index is 0.0478. The predicted molar refractivity (Wildman–Crippen MR) is 234 cm³/mol. The van der Waals surface area contributed by atoms with Crippen molar-refractivity contribution in [3.63, 3.8) is 0 Å². The van der Waals surface area contributed by atoms with E-state index in [0.717, 1.165) is 18.5 Å². The molecule has 2 aliphatic carbocycles. The molecule has 10 rings (SSSR count). The number of anilines is 3. The molecule has 1 nitrogen and oxygen atoms in total. The first-order valence-corrected chi connectivity index (χ1v) is 19.9. The van der Waals surface area contributed by atoms with Gasteiger partial charge in [-0.15, -0.1) is 0 Å². The van der Waals surface area contributed by atoms with Crippen LogP contribution in [-0.2, 0) is 10.8 Å². The molecule has 0 saturated heterocycles. The SMILES string of the molecule is CCC1(CC)c2cc(N(c3ccc(-c4ccccc4-c4ccccc4)cc3)c3ccc4c(c3)-c3ccccc3C4(C)C)ccc2-c2cc3ccccc3cc21. The highest BCUT2D eigenvalue weighted by Crippen LogP contribution is 2.56. The Balaban J connectivity index is 1.15. The average Bonchev–Trinajstić information content (AvgIpc) is 3.64. The number of hydrogen-bond acceptors (Lipinski definition) is 1. The largest absolute Gasteiger partial charge is 0.310 e. The van der Waals surface area contributed by atoms with Gasteiger partial charge in [0.1, 0.15) is 0 Å². The van der Waals surface area contributed by atoms with E-state index in [1.807, 2.05) is 0 Å². The van der Waals surface area contributed by atoms with E-state index in [4.69, 9.17) is 0 Å². The fourth-order valence-corrected chi connectivity index (χ4v) is 10.0. The Morgan fingerprint density at radius 1 is 0.364 bits per heavy atom. The molecule has 0 amide bonds. The van der Waals surface area contributed by atoms with Crippen molar-refractivity contribution < 1.29 is 0 Å². The molecule has 8 aromatic rings. The highest BCUT2D eigenvalue weighted by Gasteiger charge is 2.41. The van der Waals surface area contributed by atoms with Crippen LogP contribution in [0.15, 0.2) is 176 Å². The van der Waals surface area contributed by atoms with E-state index < -0.39 is 0 Å². The fourth-order valence-electron chi connectivity index (χ4n) is 10.0. The van der Waals surface area contributed by atoms with E-state index in [1.54, 1.807) is 0 Å². The second kappa shape index (κ2) is 12.7. The quantitative estimate of drug-likeness (QED) is 0.159. The number of hydrogen-bond donors (Lipinski definition) is 0. The molecule has 0 unspecified atom stereocenters. The lowest BCUT2D eigenvalue weighted by Gasteiger charge is -2.32. The Morgan fingerprint density at radius 2 is 0.855 bits per heavy atom. The highest BCUT2D eigenvalue weighted by atomic mass is 15.1. The smallest absolute Gasteiger partial charge is 0.0468 e. The number of benzene rings is 8. The molecule has 0 bridgehead atoms. The van der Waals surface area contributed by atoms with Crippen LogP contribution in [-0.4, -0.2) is 0 Å². The standard InChI is InChI=1S/C54H45N/c1-5-54(6-2)51-33-39-19-11-10-18-38(39)32-47(51)46-30-28-42(35-52(46)54)55(41-29-31-50-48(34-41)45-22-14-15-23-49(45)53(50,3)4)40-26-24-37(25-27-40)44-21-13-12-20-43(44)36-16-8-7-9-17-36/h7-35H,5-6H2,1-4H3. The summed E-state index contributed by atoms with van der Waals surface area (Å²) < 4.78 is 0. The van der Waals surface area contributed by atoms with Crippen LogP contribution in [0.25, 0.3) is 55.3 Å². The molecule has 55 heavy (non-hydrogen) atoms. The van der Waals surface area contributed by atoms with Gasteiger partial charge >= 0.3 is 0 Å². The van der Waals surface area contributed by atoms with Crippen molar-refractivity contribution in [1.82, 2.24) is 0 Å². The summed E-state index contributed by atoms with van der Waals surface area (Å²) in [6.07, 6.45) is 2.09. The minimum Gasteiger partial charge on any atom is -0.310 e. The number of fused-ring (bicyclic) bond motifs is 7. The van der Waals surface area contributed by atoms with E-state index in [9.17, 15) is 0 Å². The molecule has 0 heterocycles. The van der Waals surface area contributed by atoms with E-state index in [0.29, 0.717) is 0 Å². The van der Waals surface area contributed by atoms with Crippen LogP contribution >= 0.6 is 0 Å². The highest BCUT2D eigenvalue weighted by molar-refractivity contribution is 5.95. The molecule has 8 aromatic carbocycles. The van der Waals surface area contributed by atoms with Crippen molar-refractivity contribution in [3.05, 3.63) is 198 Å². The zero-order valence-corrected chi connectivity index (χ0v) is 32.1. The van der Waals surface area contributed by atoms with Gasteiger partial charge in [-0.3, -0.25) is 0 Å². The first-order valence-electron chi connectivity index (χ1n) is 19.9. The van der Waals surface area contributed by atoms with Crippen molar-refractivity contribution in [1.29, 1.82) is 0 Å². The van der Waals surface area contributed by atoms with Gasteiger partial charge in [0.2, 0.25) is 0 Å². The Morgan fingerprint density at radius 3 is 1.56 bits per heavy atom. The molecular weight excluding hydrogens is 663 g/mol. The Labute approximate surface area is 325 Å². The normalized spacial score (nSPS) is 14.3. The second-order valence-electron chi connectivity index (χ2n) is 16.0. The molecule has 0 fully saturated rings. The van der Waals surface area contributed by atoms with Gasteiger partial charge < -0.3 is 4.90 Å². The van der Waals surface area contributed by atoms with Crippen LogP contribution in [0.4, 0.5) is 17.1 Å². The van der Waals surface area contributed by atoms with Crippen LogP contribution in [0.3, 0.4) is 0 Å². The summed E-state index contributed by atoms with van der Waals surface area (Å²) >= 11 is 0. The molecule has 1 heteroatoms. The van der Waals surface area contributed by atoms with Crippen molar-refractivity contribution in [3.8, 4) is 44.5 Å². The number of rotatable bonds is 7. The Hall–Kier alpha value is -6.18. The van der Waals surface area contributed by atoms with Gasteiger partial charge in [-0.05, 0) is 139 Å². The topological polar surface area (TPSA) is 3.24 Å². The monoisotopic (exact) mass is 707 g/mol. The fraction of sp³-hybridized carbons (Fsp3) is 0.148. The van der Waals surface area contributed by atoms with Crippen molar-refractivity contribution >= 4 is 27.8 Å². The lowest BCUT2D eigenvalue weighted by atomic mass is 9.73. The number of nitrogens with zero attached hydrogens (tertiary/aromatic N) is 1. The lowest BCUT2D eigenvalue weighted by Crippen LogP contribution is -2.23. The summed E-state index contributed by atoms with van der Waals surface area (Å²) in [4.78, 5) is 2.48. The molecule has 0 N–H and O–H groups in total. The van der Waals surface area contributed by atoms with Crippen LogP contribution in [0, 0.1) is 0 Å². The maximum Gasteiger partial charge on any atom is 0.0468 e. The van der Waals surface area contributed by atoms with Crippen molar-refractivity contribution in [2.24, 2.45) is 0 Å². The molecule has 0 aliphatic heterocycles. The van der Waals surface area contributed by atoms with Gasteiger partial charge in [0.05, 0.1) is 0 Å². The summed E-state index contributed by atoms with van der Waals surface area (Å²) in [5, 5.41) is 2.62. The Bertz CT molecular complexity index is 2750. The summed E-state index contributed by atoms with van der Waals surface area (Å²) in [7, 11) is 0. The maximum absolute atomic E-state index is 2.51. The molecule has 0 aromatic heterocycles. The molecule has 0 spiro atoms. The second-order valence-corrected chi connectivity index (χ2v) is 16.0. The molecular formula is C54H45N. The first kappa shape index (κ1) is 33.4. The summed E-state index contributed by atoms with van der Waals surface area (Å²) in [5.41, 5.74) is 19.4. The van der Waals surface area contributed by atoms with Crippen LogP contribution in [0.1, 0.15) is 62.8 Å². The lowest BCUT2D eigenvalue weighted by molar-refractivity contribution is 0.491. The summed E-state index contributed by atoms with van der Waals surface area (Å²) in [6.45, 7) is 9.46. The third kappa shape index (κ3) is 5.06. The molecule has 0 saturated carbocycles. The van der Waals surface area contributed by atoms with E-state index in [-0.39, 0.29) is 10.8 Å². The summed E-state index contributed by atoms with van der Waals surface area (Å²) in [5.74, 6) is 0. The van der Waals surface area contributed by atoms with Crippen molar-refractivity contribution in [2.45, 2.75) is 51.4 Å². The van der Waals surface area contributed by atoms with Gasteiger partial charge in [0, 0.05) is 27.9 Å². The maximum atomic E-state index is 2.51. The first-order chi connectivity index (χ1) is 26.9. The minimum atomic E-state index is -0.0533. The van der Waals surface area contributed by atoms with Gasteiger partial charge in [0.25, 0.3) is 0 Å². The van der Waals surface area contributed by atoms with Crippen LogP contribution in [0.2, 0.25) is 0 Å². The molecule has 0 atom stereocenters. The average molecular weight is 708 g/mol. The van der Waals surface area contributed by atoms with E-state index >= 15 is 0 Å². The van der Waals surface area contributed by atoms with E-state index in [1.165, 1.54) is 88.9 Å². The van der Waals surface area contributed by atoms with Crippen LogP contribution in [0.5, 0.6) is 0 Å². The van der Waals surface area contributed by atoms with Gasteiger partial charge in [-0.2, -0.15) is 0 Å². The van der Waals surface area contributed by atoms with Gasteiger partial charge in [0.15, 0.2) is 0 Å². The predicted octanol–water partition coefficient (Wildman–Crippen LogP) is 15.0. The van der Waals surface area contributed by atoms with Crippen LogP contribution < -0.4 is 4.90 Å². The summed E-state index contributed by atoms with van der Waals surface area (Å²) in [6, 6.07) is 65.8. The molecule has 266 valence electrons.